The Hall–Kier alpha value is -2.08. The minimum Gasteiger partial charge on any atom is -0.485 e. The van der Waals surface area contributed by atoms with E-state index in [-0.39, 0.29) is 11.9 Å². The topological polar surface area (TPSA) is 15.7 Å². The summed E-state index contributed by atoms with van der Waals surface area (Å²) >= 11 is 7.72. The summed E-state index contributed by atoms with van der Waals surface area (Å²) in [7, 11) is 0. The van der Waals surface area contributed by atoms with E-state index in [1.54, 1.807) is 11.3 Å². The van der Waals surface area contributed by atoms with Crippen LogP contribution >= 0.6 is 22.9 Å². The lowest BCUT2D eigenvalue weighted by molar-refractivity contribution is 0.163. The van der Waals surface area contributed by atoms with Crippen LogP contribution in [-0.4, -0.2) is 37.6 Å². The highest BCUT2D eigenvalue weighted by Crippen LogP contribution is 2.29. The molecule has 0 bridgehead atoms. The SMILES string of the molecule is Fc1ccc(N2CCN(CC[C@H](Oc3ccc(Cl)cc3)c3cccs3)CC2)cc1. The van der Waals surface area contributed by atoms with E-state index in [2.05, 4.69) is 27.3 Å². The van der Waals surface area contributed by atoms with Crippen molar-refractivity contribution in [2.45, 2.75) is 12.5 Å². The van der Waals surface area contributed by atoms with E-state index in [1.165, 1.54) is 17.0 Å². The summed E-state index contributed by atoms with van der Waals surface area (Å²) in [5.41, 5.74) is 1.09. The maximum Gasteiger partial charge on any atom is 0.134 e. The van der Waals surface area contributed by atoms with Gasteiger partial charge in [-0.2, -0.15) is 0 Å². The molecule has 0 amide bonds. The highest BCUT2D eigenvalue weighted by molar-refractivity contribution is 7.10. The Labute approximate surface area is 180 Å². The third-order valence-electron chi connectivity index (χ3n) is 5.22. The van der Waals surface area contributed by atoms with Crippen LogP contribution in [0.25, 0.3) is 0 Å². The maximum atomic E-state index is 13.1. The summed E-state index contributed by atoms with van der Waals surface area (Å²) in [6, 6.07) is 18.5. The Balaban J connectivity index is 1.32. The van der Waals surface area contributed by atoms with Crippen molar-refractivity contribution >= 4 is 28.6 Å². The first kappa shape index (κ1) is 20.2. The van der Waals surface area contributed by atoms with E-state index in [4.69, 9.17) is 16.3 Å². The summed E-state index contributed by atoms with van der Waals surface area (Å²) in [6.45, 7) is 4.87. The van der Waals surface area contributed by atoms with E-state index in [1.807, 2.05) is 36.4 Å². The zero-order valence-corrected chi connectivity index (χ0v) is 17.7. The second kappa shape index (κ2) is 9.61. The molecular weight excluding hydrogens is 407 g/mol. The second-order valence-corrected chi connectivity index (χ2v) is 8.59. The average molecular weight is 431 g/mol. The van der Waals surface area contributed by atoms with Gasteiger partial charge in [0.25, 0.3) is 0 Å². The lowest BCUT2D eigenvalue weighted by Crippen LogP contribution is -2.46. The van der Waals surface area contributed by atoms with E-state index in [9.17, 15) is 4.39 Å². The molecule has 1 aliphatic rings. The Kier molecular flexibility index (Phi) is 6.70. The van der Waals surface area contributed by atoms with Gasteiger partial charge in [0, 0.05) is 54.7 Å². The van der Waals surface area contributed by atoms with Gasteiger partial charge in [-0.25, -0.2) is 4.39 Å². The monoisotopic (exact) mass is 430 g/mol. The molecule has 1 atom stereocenters. The van der Waals surface area contributed by atoms with Crippen LogP contribution in [0.15, 0.2) is 66.0 Å². The molecule has 1 aromatic heterocycles. The molecule has 1 saturated heterocycles. The molecule has 29 heavy (non-hydrogen) atoms. The smallest absolute Gasteiger partial charge is 0.134 e. The van der Waals surface area contributed by atoms with Crippen molar-refractivity contribution in [1.82, 2.24) is 4.90 Å². The van der Waals surface area contributed by atoms with Gasteiger partial charge in [0.2, 0.25) is 0 Å². The number of hydrogen-bond donors (Lipinski definition) is 0. The quantitative estimate of drug-likeness (QED) is 0.466. The molecule has 0 radical (unpaired) electrons. The molecule has 3 aromatic rings. The molecule has 2 heterocycles. The Bertz CT molecular complexity index is 878. The molecule has 0 aliphatic carbocycles. The number of piperazine rings is 1. The Morgan fingerprint density at radius 3 is 2.34 bits per heavy atom. The highest BCUT2D eigenvalue weighted by atomic mass is 35.5. The lowest BCUT2D eigenvalue weighted by Gasteiger charge is -2.36. The summed E-state index contributed by atoms with van der Waals surface area (Å²) in [4.78, 5) is 6.04. The van der Waals surface area contributed by atoms with Crippen LogP contribution in [0.5, 0.6) is 5.75 Å². The fourth-order valence-electron chi connectivity index (χ4n) is 3.59. The molecule has 0 spiro atoms. The minimum absolute atomic E-state index is 0.0336. The van der Waals surface area contributed by atoms with Crippen molar-refractivity contribution in [3.05, 3.63) is 81.8 Å². The summed E-state index contributed by atoms with van der Waals surface area (Å²) in [5.74, 6) is 0.654. The van der Waals surface area contributed by atoms with Crippen molar-refractivity contribution in [3.8, 4) is 5.75 Å². The van der Waals surface area contributed by atoms with Crippen molar-refractivity contribution < 1.29 is 9.13 Å². The van der Waals surface area contributed by atoms with Gasteiger partial charge < -0.3 is 9.64 Å². The zero-order chi connectivity index (χ0) is 20.1. The molecule has 152 valence electrons. The summed E-state index contributed by atoms with van der Waals surface area (Å²) < 4.78 is 19.4. The highest BCUT2D eigenvalue weighted by Gasteiger charge is 2.20. The van der Waals surface area contributed by atoms with Crippen LogP contribution in [0.4, 0.5) is 10.1 Å². The molecule has 0 unspecified atom stereocenters. The molecule has 4 rings (SSSR count). The third-order valence-corrected chi connectivity index (χ3v) is 6.44. The first-order valence-corrected chi connectivity index (χ1v) is 11.1. The molecule has 0 saturated carbocycles. The van der Waals surface area contributed by atoms with E-state index in [0.717, 1.165) is 50.6 Å². The van der Waals surface area contributed by atoms with Crippen LogP contribution in [0, 0.1) is 5.82 Å². The zero-order valence-electron chi connectivity index (χ0n) is 16.1. The molecule has 0 N–H and O–H groups in total. The van der Waals surface area contributed by atoms with Crippen molar-refractivity contribution in [2.24, 2.45) is 0 Å². The van der Waals surface area contributed by atoms with E-state index in [0.29, 0.717) is 5.02 Å². The normalized spacial score (nSPS) is 16.0. The number of hydrogen-bond acceptors (Lipinski definition) is 4. The maximum absolute atomic E-state index is 13.1. The minimum atomic E-state index is -0.187. The predicted octanol–water partition coefficient (Wildman–Crippen LogP) is 5.87. The predicted molar refractivity (Wildman–Crippen MR) is 119 cm³/mol. The number of halogens is 2. The van der Waals surface area contributed by atoms with Gasteiger partial charge in [0.1, 0.15) is 17.7 Å². The summed E-state index contributed by atoms with van der Waals surface area (Å²) in [5, 5.41) is 2.80. The average Bonchev–Trinajstić information content (AvgIpc) is 3.28. The number of thiophene rings is 1. The van der Waals surface area contributed by atoms with Gasteiger partial charge in [0.05, 0.1) is 0 Å². The fourth-order valence-corrected chi connectivity index (χ4v) is 4.51. The second-order valence-electron chi connectivity index (χ2n) is 7.17. The molecule has 3 nitrogen and oxygen atoms in total. The summed E-state index contributed by atoms with van der Waals surface area (Å²) in [6.07, 6.45) is 0.964. The van der Waals surface area contributed by atoms with Crippen molar-refractivity contribution in [3.63, 3.8) is 0 Å². The largest absolute Gasteiger partial charge is 0.485 e. The number of ether oxygens (including phenoxy) is 1. The lowest BCUT2D eigenvalue weighted by atomic mass is 10.1. The number of rotatable bonds is 7. The van der Waals surface area contributed by atoms with Gasteiger partial charge in [-0.3, -0.25) is 4.90 Å². The van der Waals surface area contributed by atoms with Crippen LogP contribution < -0.4 is 9.64 Å². The van der Waals surface area contributed by atoms with Crippen LogP contribution in [-0.2, 0) is 0 Å². The van der Waals surface area contributed by atoms with Crippen molar-refractivity contribution in [1.29, 1.82) is 0 Å². The molecule has 6 heteroatoms. The number of anilines is 1. The number of nitrogens with zero attached hydrogens (tertiary/aromatic N) is 2. The van der Waals surface area contributed by atoms with Gasteiger partial charge in [0.15, 0.2) is 0 Å². The number of benzene rings is 2. The van der Waals surface area contributed by atoms with Crippen molar-refractivity contribution in [2.75, 3.05) is 37.6 Å². The van der Waals surface area contributed by atoms with Gasteiger partial charge >= 0.3 is 0 Å². The van der Waals surface area contributed by atoms with Gasteiger partial charge in [-0.15, -0.1) is 11.3 Å². The van der Waals surface area contributed by atoms with E-state index >= 15 is 0 Å². The fraction of sp³-hybridized carbons (Fsp3) is 0.304. The Morgan fingerprint density at radius 2 is 1.69 bits per heavy atom. The van der Waals surface area contributed by atoms with Crippen LogP contribution in [0.3, 0.4) is 0 Å². The first-order chi connectivity index (χ1) is 14.2. The van der Waals surface area contributed by atoms with Gasteiger partial charge in [-0.1, -0.05) is 17.7 Å². The van der Waals surface area contributed by atoms with Gasteiger partial charge in [-0.05, 0) is 60.0 Å². The molecular formula is C23H24ClFN2OS. The first-order valence-electron chi connectivity index (χ1n) is 9.86. The van der Waals surface area contributed by atoms with E-state index < -0.39 is 0 Å². The third kappa shape index (κ3) is 5.50. The Morgan fingerprint density at radius 1 is 0.966 bits per heavy atom. The molecule has 2 aromatic carbocycles. The van der Waals surface area contributed by atoms with Crippen LogP contribution in [0.2, 0.25) is 5.02 Å². The molecule has 1 aliphatic heterocycles. The van der Waals surface area contributed by atoms with Crippen LogP contribution in [0.1, 0.15) is 17.4 Å². The molecule has 1 fully saturated rings. The standard InChI is InChI=1S/C23H24ClFN2OS/c24-18-3-9-21(10-4-18)28-22(23-2-1-17-29-23)11-12-26-13-15-27(16-14-26)20-7-5-19(25)6-8-20/h1-10,17,22H,11-16H2/t22-/m0/s1.